The number of hydrogen-bond donors (Lipinski definition) is 1. The molecule has 7 nitrogen and oxygen atoms in total. The van der Waals surface area contributed by atoms with Crippen LogP contribution in [0.25, 0.3) is 0 Å². The Morgan fingerprint density at radius 3 is 2.70 bits per heavy atom. The first-order valence-electron chi connectivity index (χ1n) is 8.36. The van der Waals surface area contributed by atoms with Gasteiger partial charge in [-0.15, -0.1) is 0 Å². The highest BCUT2D eigenvalue weighted by Crippen LogP contribution is 2.31. The van der Waals surface area contributed by atoms with Gasteiger partial charge in [-0.1, -0.05) is 6.92 Å². The highest BCUT2D eigenvalue weighted by molar-refractivity contribution is 5.88. The van der Waals surface area contributed by atoms with Gasteiger partial charge in [0.15, 0.2) is 0 Å². The molecule has 2 fully saturated rings. The fourth-order valence-corrected chi connectivity index (χ4v) is 3.75. The summed E-state index contributed by atoms with van der Waals surface area (Å²) in [5.41, 5.74) is -0.442. The molecule has 23 heavy (non-hydrogen) atoms. The number of piperidine rings is 1. The molecular weight excluding hydrogens is 294 g/mol. The summed E-state index contributed by atoms with van der Waals surface area (Å²) in [6, 6.07) is 1.58. The fraction of sp³-hybridized carbons (Fsp3) is 0.688. The van der Waals surface area contributed by atoms with Gasteiger partial charge in [-0.05, 0) is 32.4 Å². The Morgan fingerprint density at radius 1 is 1.39 bits per heavy atom. The third kappa shape index (κ3) is 2.73. The molecular formula is C16H25N5O2. The third-order valence-electron chi connectivity index (χ3n) is 5.30. The van der Waals surface area contributed by atoms with E-state index in [0.717, 1.165) is 6.54 Å². The van der Waals surface area contributed by atoms with Crippen molar-refractivity contribution in [1.82, 2.24) is 24.9 Å². The molecule has 126 valence electrons. The molecule has 7 heteroatoms. The quantitative estimate of drug-likeness (QED) is 0.867. The number of aromatic nitrogens is 2. The van der Waals surface area contributed by atoms with E-state index in [1.165, 1.54) is 0 Å². The van der Waals surface area contributed by atoms with E-state index in [2.05, 4.69) is 15.3 Å². The fourth-order valence-electron chi connectivity index (χ4n) is 3.75. The van der Waals surface area contributed by atoms with E-state index < -0.39 is 5.54 Å². The Hall–Kier alpha value is -1.89. The van der Waals surface area contributed by atoms with Crippen LogP contribution < -0.4 is 5.32 Å². The Labute approximate surface area is 136 Å². The van der Waals surface area contributed by atoms with Crippen molar-refractivity contribution in [1.29, 1.82) is 0 Å². The van der Waals surface area contributed by atoms with Crippen molar-refractivity contribution in [2.75, 3.05) is 33.2 Å². The van der Waals surface area contributed by atoms with E-state index in [-0.39, 0.29) is 17.9 Å². The van der Waals surface area contributed by atoms with Gasteiger partial charge in [0.05, 0.1) is 0 Å². The molecule has 2 amide bonds. The summed E-state index contributed by atoms with van der Waals surface area (Å²) in [7, 11) is 2.01. The molecule has 0 unspecified atom stereocenters. The van der Waals surface area contributed by atoms with Gasteiger partial charge in [-0.2, -0.15) is 5.10 Å². The second-order valence-electron chi connectivity index (χ2n) is 6.44. The summed E-state index contributed by atoms with van der Waals surface area (Å²) in [5, 5.41) is 7.18. The minimum atomic E-state index is -0.442. The molecule has 0 aromatic carbocycles. The summed E-state index contributed by atoms with van der Waals surface area (Å²) in [5.74, 6) is 0.211. The third-order valence-corrected chi connectivity index (χ3v) is 5.30. The Kier molecular flexibility index (Phi) is 4.39. The second-order valence-corrected chi connectivity index (χ2v) is 6.44. The van der Waals surface area contributed by atoms with Crippen LogP contribution in [0.5, 0.6) is 0 Å². The molecule has 2 aliphatic heterocycles. The van der Waals surface area contributed by atoms with Crippen LogP contribution in [0.3, 0.4) is 0 Å². The number of piperazine rings is 1. The maximum Gasteiger partial charge on any atom is 0.247 e. The molecule has 3 rings (SSSR count). The molecule has 0 aliphatic carbocycles. The Bertz CT molecular complexity index is 563. The Morgan fingerprint density at radius 2 is 2.13 bits per heavy atom. The van der Waals surface area contributed by atoms with E-state index in [0.29, 0.717) is 38.9 Å². The smallest absolute Gasteiger partial charge is 0.247 e. The molecule has 1 atom stereocenters. The van der Waals surface area contributed by atoms with E-state index in [9.17, 15) is 9.59 Å². The molecule has 0 saturated carbocycles. The van der Waals surface area contributed by atoms with Crippen LogP contribution in [0.15, 0.2) is 18.5 Å². The van der Waals surface area contributed by atoms with E-state index in [4.69, 9.17) is 0 Å². The number of likely N-dealkylation sites (N-methyl/N-ethyl adjacent to an activating group) is 1. The lowest BCUT2D eigenvalue weighted by Gasteiger charge is -2.48. The van der Waals surface area contributed by atoms with Gasteiger partial charge in [-0.25, -0.2) is 0 Å². The minimum absolute atomic E-state index is 0.102. The molecule has 3 heterocycles. The molecule has 2 saturated heterocycles. The zero-order chi connectivity index (χ0) is 16.4. The number of nitrogens with one attached hydrogen (secondary N) is 1. The van der Waals surface area contributed by atoms with Crippen LogP contribution >= 0.6 is 0 Å². The van der Waals surface area contributed by atoms with Crippen molar-refractivity contribution in [3.8, 4) is 0 Å². The predicted octanol–water partition coefficient (Wildman–Crippen LogP) is 0.257. The number of carbonyl (C=O) groups excluding carboxylic acids is 2. The van der Waals surface area contributed by atoms with Gasteiger partial charge >= 0.3 is 0 Å². The van der Waals surface area contributed by atoms with Crippen molar-refractivity contribution in [3.63, 3.8) is 0 Å². The molecule has 1 spiro atoms. The Balaban J connectivity index is 1.68. The first kappa shape index (κ1) is 16.0. The van der Waals surface area contributed by atoms with E-state index >= 15 is 0 Å². The van der Waals surface area contributed by atoms with Gasteiger partial charge in [0.2, 0.25) is 11.8 Å². The van der Waals surface area contributed by atoms with Gasteiger partial charge in [0, 0.05) is 38.6 Å². The topological polar surface area (TPSA) is 70.5 Å². The molecule has 1 aromatic rings. The van der Waals surface area contributed by atoms with Gasteiger partial charge in [0.25, 0.3) is 0 Å². The van der Waals surface area contributed by atoms with Crippen LogP contribution in [0.1, 0.15) is 32.2 Å². The standard InChI is InChI=1S/C16H25N5O2/c1-3-13(21-9-4-7-18-21)14(22)20-10-5-16(6-11-20)15(23)17-8-12-19(16)2/h4,7,9,13H,3,5-6,8,10-12H2,1-2H3,(H,17,23)/t13-/m1/s1. The number of nitrogens with zero attached hydrogens (tertiary/aromatic N) is 4. The number of carbonyl (C=O) groups is 2. The average Bonchev–Trinajstić information content (AvgIpc) is 3.08. The first-order chi connectivity index (χ1) is 11.1. The lowest BCUT2D eigenvalue weighted by Crippen LogP contribution is -2.67. The van der Waals surface area contributed by atoms with E-state index in [1.54, 1.807) is 10.9 Å². The molecule has 2 aliphatic rings. The molecule has 0 bridgehead atoms. The largest absolute Gasteiger partial charge is 0.353 e. The summed E-state index contributed by atoms with van der Waals surface area (Å²) < 4.78 is 1.73. The van der Waals surface area contributed by atoms with Gasteiger partial charge < -0.3 is 10.2 Å². The monoisotopic (exact) mass is 319 g/mol. The summed E-state index contributed by atoms with van der Waals surface area (Å²) in [6.07, 6.45) is 5.62. The number of hydrogen-bond acceptors (Lipinski definition) is 4. The summed E-state index contributed by atoms with van der Waals surface area (Å²) in [6.45, 7) is 4.81. The van der Waals surface area contributed by atoms with Crippen LogP contribution in [0, 0.1) is 0 Å². The van der Waals surface area contributed by atoms with Gasteiger partial charge in [0.1, 0.15) is 11.6 Å². The number of amides is 2. The molecule has 1 aromatic heterocycles. The normalized spacial score (nSPS) is 22.9. The minimum Gasteiger partial charge on any atom is -0.353 e. The maximum atomic E-state index is 12.8. The van der Waals surface area contributed by atoms with Crippen LogP contribution in [0.4, 0.5) is 0 Å². The lowest BCUT2D eigenvalue weighted by molar-refractivity contribution is -0.146. The molecule has 1 N–H and O–H groups in total. The lowest BCUT2D eigenvalue weighted by atomic mass is 9.83. The zero-order valence-electron chi connectivity index (χ0n) is 13.9. The second kappa shape index (κ2) is 6.31. The predicted molar refractivity (Wildman–Crippen MR) is 85.7 cm³/mol. The van der Waals surface area contributed by atoms with Crippen molar-refractivity contribution >= 4 is 11.8 Å². The zero-order valence-corrected chi connectivity index (χ0v) is 13.9. The molecule has 0 radical (unpaired) electrons. The van der Waals surface area contributed by atoms with Crippen molar-refractivity contribution < 1.29 is 9.59 Å². The highest BCUT2D eigenvalue weighted by Gasteiger charge is 2.47. The SMILES string of the molecule is CC[C@H](C(=O)N1CCC2(CC1)C(=O)NCCN2C)n1cccn1. The van der Waals surface area contributed by atoms with E-state index in [1.807, 2.05) is 31.1 Å². The van der Waals surface area contributed by atoms with Crippen LogP contribution in [-0.2, 0) is 9.59 Å². The van der Waals surface area contributed by atoms with Crippen molar-refractivity contribution in [2.45, 2.75) is 37.8 Å². The van der Waals surface area contributed by atoms with Crippen molar-refractivity contribution in [3.05, 3.63) is 18.5 Å². The van der Waals surface area contributed by atoms with Crippen molar-refractivity contribution in [2.24, 2.45) is 0 Å². The van der Waals surface area contributed by atoms with Crippen LogP contribution in [-0.4, -0.2) is 70.2 Å². The maximum absolute atomic E-state index is 12.8. The average molecular weight is 319 g/mol. The summed E-state index contributed by atoms with van der Waals surface area (Å²) >= 11 is 0. The highest BCUT2D eigenvalue weighted by atomic mass is 16.2. The number of rotatable bonds is 3. The summed E-state index contributed by atoms with van der Waals surface area (Å²) in [4.78, 5) is 29.2. The van der Waals surface area contributed by atoms with Gasteiger partial charge in [-0.3, -0.25) is 19.2 Å². The number of likely N-dealkylation sites (tertiary alicyclic amines) is 1. The van der Waals surface area contributed by atoms with Crippen LogP contribution in [0.2, 0.25) is 0 Å². The first-order valence-corrected chi connectivity index (χ1v) is 8.36.